The summed E-state index contributed by atoms with van der Waals surface area (Å²) in [7, 11) is 0. The van der Waals surface area contributed by atoms with Crippen molar-refractivity contribution in [3.63, 3.8) is 0 Å². The Morgan fingerprint density at radius 2 is 2.64 bits per heavy atom. The van der Waals surface area contributed by atoms with Crippen molar-refractivity contribution in [2.75, 3.05) is 6.61 Å². The van der Waals surface area contributed by atoms with Crippen molar-refractivity contribution in [3.05, 3.63) is 0 Å². The highest BCUT2D eigenvalue weighted by atomic mass is 16.5. The molecular formula is C6H10N2O3. The fourth-order valence-corrected chi connectivity index (χ4v) is 0.906. The van der Waals surface area contributed by atoms with E-state index < -0.39 is 6.09 Å². The van der Waals surface area contributed by atoms with Gasteiger partial charge in [0.1, 0.15) is 0 Å². The highest BCUT2D eigenvalue weighted by Crippen LogP contribution is 2.07. The molecule has 1 unspecified atom stereocenters. The van der Waals surface area contributed by atoms with Gasteiger partial charge >= 0.3 is 6.09 Å². The molecule has 11 heavy (non-hydrogen) atoms. The molecule has 1 rings (SSSR count). The van der Waals surface area contributed by atoms with Crippen LogP contribution < -0.4 is 5.43 Å². The monoisotopic (exact) mass is 158 g/mol. The fourth-order valence-electron chi connectivity index (χ4n) is 0.906. The highest BCUT2D eigenvalue weighted by Gasteiger charge is 2.18. The third-order valence-electron chi connectivity index (χ3n) is 1.49. The zero-order chi connectivity index (χ0) is 8.27. The van der Waals surface area contributed by atoms with Gasteiger partial charge in [-0.15, -0.1) is 0 Å². The van der Waals surface area contributed by atoms with E-state index in [2.05, 4.69) is 5.10 Å². The van der Waals surface area contributed by atoms with Crippen LogP contribution in [-0.4, -0.2) is 29.6 Å². The normalized spacial score (nSPS) is 27.4. The Hall–Kier alpha value is -1.10. The number of carboxylic acid groups (broad SMARTS) is 1. The molecule has 0 aromatic rings. The lowest BCUT2D eigenvalue weighted by molar-refractivity contribution is 0.145. The molecule has 0 aromatic carbocycles. The van der Waals surface area contributed by atoms with Crippen LogP contribution in [-0.2, 0) is 4.74 Å². The summed E-state index contributed by atoms with van der Waals surface area (Å²) in [4.78, 5) is 10.0. The number of rotatable bonds is 1. The van der Waals surface area contributed by atoms with Crippen LogP contribution in [0.25, 0.3) is 0 Å². The molecule has 5 heteroatoms. The van der Waals surface area contributed by atoms with Crippen LogP contribution in [0.2, 0.25) is 0 Å². The quantitative estimate of drug-likeness (QED) is 0.543. The van der Waals surface area contributed by atoms with Crippen molar-refractivity contribution >= 4 is 11.8 Å². The molecule has 1 aliphatic heterocycles. The van der Waals surface area contributed by atoms with E-state index in [0.29, 0.717) is 13.0 Å². The van der Waals surface area contributed by atoms with Crippen molar-refractivity contribution < 1.29 is 14.6 Å². The molecule has 1 saturated heterocycles. The van der Waals surface area contributed by atoms with Gasteiger partial charge in [0.05, 0.1) is 18.4 Å². The van der Waals surface area contributed by atoms with E-state index in [1.54, 1.807) is 0 Å². The summed E-state index contributed by atoms with van der Waals surface area (Å²) in [5, 5.41) is 11.8. The molecule has 1 heterocycles. The van der Waals surface area contributed by atoms with Gasteiger partial charge in [-0.2, -0.15) is 5.10 Å². The van der Waals surface area contributed by atoms with Gasteiger partial charge in [-0.25, -0.2) is 10.2 Å². The van der Waals surface area contributed by atoms with Crippen molar-refractivity contribution in [1.82, 2.24) is 5.43 Å². The number of hydrogen-bond donors (Lipinski definition) is 2. The van der Waals surface area contributed by atoms with Crippen LogP contribution in [0.4, 0.5) is 4.79 Å². The molecule has 1 fully saturated rings. The minimum atomic E-state index is -1.14. The molecule has 0 aliphatic carbocycles. The summed E-state index contributed by atoms with van der Waals surface area (Å²) in [6.07, 6.45) is -0.486. The average molecular weight is 158 g/mol. The van der Waals surface area contributed by atoms with E-state index in [-0.39, 0.29) is 6.10 Å². The number of hydrogen-bond acceptors (Lipinski definition) is 3. The number of nitrogens with zero attached hydrogens (tertiary/aromatic N) is 1. The van der Waals surface area contributed by atoms with Crippen molar-refractivity contribution in [2.45, 2.75) is 19.4 Å². The lowest BCUT2D eigenvalue weighted by Crippen LogP contribution is -2.20. The van der Waals surface area contributed by atoms with Gasteiger partial charge in [0.25, 0.3) is 0 Å². The van der Waals surface area contributed by atoms with E-state index in [9.17, 15) is 4.79 Å². The van der Waals surface area contributed by atoms with E-state index >= 15 is 0 Å². The molecule has 2 N–H and O–H groups in total. The van der Waals surface area contributed by atoms with E-state index in [4.69, 9.17) is 9.84 Å². The summed E-state index contributed by atoms with van der Waals surface area (Å²) < 4.78 is 5.13. The van der Waals surface area contributed by atoms with Crippen molar-refractivity contribution in [1.29, 1.82) is 0 Å². The Morgan fingerprint density at radius 1 is 1.91 bits per heavy atom. The predicted molar refractivity (Wildman–Crippen MR) is 38.6 cm³/mol. The maximum atomic E-state index is 10.0. The summed E-state index contributed by atoms with van der Waals surface area (Å²) >= 11 is 0. The lowest BCUT2D eigenvalue weighted by Gasteiger charge is -2.00. The number of amides is 1. The smallest absolute Gasteiger partial charge is 0.425 e. The molecule has 0 saturated carbocycles. The Labute approximate surface area is 64.0 Å². The van der Waals surface area contributed by atoms with Crippen LogP contribution in [0.3, 0.4) is 0 Å². The molecule has 5 nitrogen and oxygen atoms in total. The van der Waals surface area contributed by atoms with Gasteiger partial charge in [-0.1, -0.05) is 0 Å². The van der Waals surface area contributed by atoms with Crippen LogP contribution in [0.1, 0.15) is 13.3 Å². The maximum absolute atomic E-state index is 10.0. The first-order valence-corrected chi connectivity index (χ1v) is 3.37. The molecular weight excluding hydrogens is 148 g/mol. The molecule has 1 aliphatic rings. The van der Waals surface area contributed by atoms with E-state index in [0.717, 1.165) is 5.71 Å². The largest absolute Gasteiger partial charge is 0.464 e. The van der Waals surface area contributed by atoms with Crippen LogP contribution >= 0.6 is 0 Å². The van der Waals surface area contributed by atoms with Gasteiger partial charge < -0.3 is 9.84 Å². The van der Waals surface area contributed by atoms with Gasteiger partial charge in [0.2, 0.25) is 0 Å². The van der Waals surface area contributed by atoms with Crippen LogP contribution in [0, 0.1) is 0 Å². The third kappa shape index (κ3) is 2.19. The highest BCUT2D eigenvalue weighted by molar-refractivity contribution is 5.90. The van der Waals surface area contributed by atoms with Gasteiger partial charge in [-0.05, 0) is 6.92 Å². The molecule has 62 valence electrons. The molecule has 0 aromatic heterocycles. The minimum Gasteiger partial charge on any atom is -0.464 e. The molecule has 1 atom stereocenters. The number of carbonyl (C=O) groups is 1. The zero-order valence-corrected chi connectivity index (χ0v) is 6.20. The Kier molecular flexibility index (Phi) is 2.43. The Morgan fingerprint density at radius 3 is 3.09 bits per heavy atom. The third-order valence-corrected chi connectivity index (χ3v) is 1.49. The fraction of sp³-hybridized carbons (Fsp3) is 0.667. The second-order valence-corrected chi connectivity index (χ2v) is 2.28. The Balaban J connectivity index is 2.45. The van der Waals surface area contributed by atoms with Gasteiger partial charge in [0, 0.05) is 6.42 Å². The maximum Gasteiger partial charge on any atom is 0.425 e. The van der Waals surface area contributed by atoms with Crippen LogP contribution in [0.5, 0.6) is 0 Å². The van der Waals surface area contributed by atoms with E-state index in [1.165, 1.54) is 0 Å². The summed E-state index contributed by atoms with van der Waals surface area (Å²) in [5.41, 5.74) is 2.70. The topological polar surface area (TPSA) is 70.9 Å². The first-order valence-electron chi connectivity index (χ1n) is 3.37. The van der Waals surface area contributed by atoms with Crippen molar-refractivity contribution in [3.8, 4) is 0 Å². The number of nitrogens with one attached hydrogen (secondary N) is 1. The molecule has 0 bridgehead atoms. The number of hydrazone groups is 1. The second-order valence-electron chi connectivity index (χ2n) is 2.28. The predicted octanol–water partition coefficient (Wildman–Crippen LogP) is 0.419. The standard InChI is InChI=1S/C6H10N2O3/c1-4-5(2-3-11-4)7-8-6(9)10/h4,8H,2-3H2,1H3,(H,9,10). The Bertz CT molecular complexity index is 190. The average Bonchev–Trinajstić information content (AvgIpc) is 2.31. The molecule has 0 spiro atoms. The van der Waals surface area contributed by atoms with Crippen LogP contribution in [0.15, 0.2) is 5.10 Å². The van der Waals surface area contributed by atoms with E-state index in [1.807, 2.05) is 12.3 Å². The van der Waals surface area contributed by atoms with Gasteiger partial charge in [0.15, 0.2) is 0 Å². The first-order chi connectivity index (χ1) is 5.20. The zero-order valence-electron chi connectivity index (χ0n) is 6.20. The lowest BCUT2D eigenvalue weighted by atomic mass is 10.2. The van der Waals surface area contributed by atoms with Gasteiger partial charge in [-0.3, -0.25) is 0 Å². The molecule has 0 radical (unpaired) electrons. The SMILES string of the molecule is CC1OCCC1=NNC(=O)O. The van der Waals surface area contributed by atoms with Crippen molar-refractivity contribution in [2.24, 2.45) is 5.10 Å². The summed E-state index contributed by atoms with van der Waals surface area (Å²) in [6, 6.07) is 0. The minimum absolute atomic E-state index is 0.0538. The summed E-state index contributed by atoms with van der Waals surface area (Å²) in [5.74, 6) is 0. The summed E-state index contributed by atoms with van der Waals surface area (Å²) in [6.45, 7) is 2.47. The number of ether oxygens (including phenoxy) is 1. The molecule has 1 amide bonds. The second kappa shape index (κ2) is 3.34. The first kappa shape index (κ1) is 8.00.